The third kappa shape index (κ3) is 4.28. The van der Waals surface area contributed by atoms with E-state index in [2.05, 4.69) is 173 Å². The van der Waals surface area contributed by atoms with E-state index in [1.165, 1.54) is 21.8 Å². The van der Waals surface area contributed by atoms with Crippen LogP contribution in [0.5, 0.6) is 0 Å². The van der Waals surface area contributed by atoms with Crippen molar-refractivity contribution in [1.82, 2.24) is 4.57 Å². The highest BCUT2D eigenvalue weighted by Crippen LogP contribution is 2.47. The van der Waals surface area contributed by atoms with Crippen LogP contribution < -0.4 is 4.90 Å². The van der Waals surface area contributed by atoms with E-state index < -0.39 is 0 Å². The molecule has 0 bridgehead atoms. The molecule has 4 heteroatoms. The minimum absolute atomic E-state index is 0.859. The first-order chi connectivity index (χ1) is 25.8. The van der Waals surface area contributed by atoms with E-state index in [4.69, 9.17) is 8.83 Å². The third-order valence-electron chi connectivity index (χ3n) is 10.4. The molecule has 11 aromatic rings. The van der Waals surface area contributed by atoms with Crippen molar-refractivity contribution in [3.8, 4) is 16.8 Å². The van der Waals surface area contributed by atoms with E-state index in [1.54, 1.807) is 0 Å². The maximum Gasteiger partial charge on any atom is 0.145 e. The van der Waals surface area contributed by atoms with Gasteiger partial charge in [0.05, 0.1) is 22.1 Å². The van der Waals surface area contributed by atoms with Gasteiger partial charge in [0.15, 0.2) is 0 Å². The number of anilines is 3. The van der Waals surface area contributed by atoms with Gasteiger partial charge in [0.2, 0.25) is 0 Å². The van der Waals surface area contributed by atoms with Crippen molar-refractivity contribution in [3.63, 3.8) is 0 Å². The molecule has 0 atom stereocenters. The fourth-order valence-corrected chi connectivity index (χ4v) is 8.09. The Kier molecular flexibility index (Phi) is 6.22. The molecular weight excluding hydrogens is 637 g/mol. The highest BCUT2D eigenvalue weighted by atomic mass is 16.3. The summed E-state index contributed by atoms with van der Waals surface area (Å²) in [4.78, 5) is 2.37. The number of benzene rings is 8. The predicted octanol–water partition coefficient (Wildman–Crippen LogP) is 13.7. The van der Waals surface area contributed by atoms with Crippen molar-refractivity contribution in [2.75, 3.05) is 4.90 Å². The van der Waals surface area contributed by atoms with Gasteiger partial charge in [-0.25, -0.2) is 0 Å². The SMILES string of the molecule is c1ccc(-c2ccc(N(c3cccc(-n4c5ccccc5c5ccccc54)c3)c3ccc4oc5ccccc5c4c3)c3c2oc2ccccc23)cc1. The first kappa shape index (κ1) is 28.8. The number of hydrogen-bond acceptors (Lipinski definition) is 3. The second-order valence-electron chi connectivity index (χ2n) is 13.3. The first-order valence-electron chi connectivity index (χ1n) is 17.6. The molecule has 3 aromatic heterocycles. The lowest BCUT2D eigenvalue weighted by molar-refractivity contribution is 0.669. The van der Waals surface area contributed by atoms with Crippen molar-refractivity contribution < 1.29 is 8.83 Å². The fourth-order valence-electron chi connectivity index (χ4n) is 8.09. The maximum absolute atomic E-state index is 6.75. The largest absolute Gasteiger partial charge is 0.456 e. The topological polar surface area (TPSA) is 34.5 Å². The lowest BCUT2D eigenvalue weighted by Crippen LogP contribution is -2.11. The summed E-state index contributed by atoms with van der Waals surface area (Å²) in [5, 5.41) is 6.78. The summed E-state index contributed by atoms with van der Waals surface area (Å²) in [7, 11) is 0. The molecule has 0 amide bonds. The van der Waals surface area contributed by atoms with Gasteiger partial charge in [0, 0.05) is 49.6 Å². The minimum atomic E-state index is 0.859. The van der Waals surface area contributed by atoms with Crippen molar-refractivity contribution >= 4 is 82.7 Å². The Balaban J connectivity index is 1.21. The van der Waals surface area contributed by atoms with Crippen LogP contribution in [0.15, 0.2) is 191 Å². The van der Waals surface area contributed by atoms with Crippen LogP contribution in [0.25, 0.3) is 82.5 Å². The summed E-state index contributed by atoms with van der Waals surface area (Å²) < 4.78 is 15.4. The average molecular weight is 667 g/mol. The Hall–Kier alpha value is -7.04. The Labute approximate surface area is 299 Å². The molecule has 0 N–H and O–H groups in total. The fraction of sp³-hybridized carbons (Fsp3) is 0. The van der Waals surface area contributed by atoms with Gasteiger partial charge in [-0.05, 0) is 78.4 Å². The van der Waals surface area contributed by atoms with Gasteiger partial charge < -0.3 is 18.3 Å². The molecule has 8 aromatic carbocycles. The van der Waals surface area contributed by atoms with E-state index in [0.717, 1.165) is 77.8 Å². The quantitative estimate of drug-likeness (QED) is 0.183. The highest BCUT2D eigenvalue weighted by molar-refractivity contribution is 6.17. The molecule has 0 radical (unpaired) electrons. The Bertz CT molecular complexity index is 3090. The third-order valence-corrected chi connectivity index (χ3v) is 10.4. The van der Waals surface area contributed by atoms with Crippen molar-refractivity contribution in [2.45, 2.75) is 0 Å². The van der Waals surface area contributed by atoms with Gasteiger partial charge in [-0.1, -0.05) is 109 Å². The van der Waals surface area contributed by atoms with E-state index in [1.807, 2.05) is 18.2 Å². The molecule has 0 aliphatic rings. The first-order valence-corrected chi connectivity index (χ1v) is 17.6. The number of rotatable bonds is 5. The summed E-state index contributed by atoms with van der Waals surface area (Å²) in [6.45, 7) is 0. The van der Waals surface area contributed by atoms with Gasteiger partial charge >= 0.3 is 0 Å². The summed E-state index contributed by atoms with van der Waals surface area (Å²) in [5.41, 5.74) is 12.2. The molecule has 3 heterocycles. The molecule has 0 unspecified atom stereocenters. The molecule has 0 saturated heterocycles. The number of hydrogen-bond donors (Lipinski definition) is 0. The van der Waals surface area contributed by atoms with Gasteiger partial charge in [-0.2, -0.15) is 0 Å². The van der Waals surface area contributed by atoms with Crippen LogP contribution >= 0.6 is 0 Å². The lowest BCUT2D eigenvalue weighted by atomic mass is 9.99. The van der Waals surface area contributed by atoms with E-state index in [-0.39, 0.29) is 0 Å². The highest BCUT2D eigenvalue weighted by Gasteiger charge is 2.23. The normalized spacial score (nSPS) is 11.8. The van der Waals surface area contributed by atoms with Gasteiger partial charge in [0.1, 0.15) is 22.3 Å². The number of aromatic nitrogens is 1. The minimum Gasteiger partial charge on any atom is -0.456 e. The molecule has 4 nitrogen and oxygen atoms in total. The van der Waals surface area contributed by atoms with Gasteiger partial charge in [-0.15, -0.1) is 0 Å². The molecule has 0 spiro atoms. The Morgan fingerprint density at radius 1 is 0.404 bits per heavy atom. The van der Waals surface area contributed by atoms with Crippen molar-refractivity contribution in [2.24, 2.45) is 0 Å². The zero-order valence-electron chi connectivity index (χ0n) is 28.0. The number of para-hydroxylation sites is 4. The van der Waals surface area contributed by atoms with Crippen LogP contribution in [0.3, 0.4) is 0 Å². The van der Waals surface area contributed by atoms with E-state index >= 15 is 0 Å². The molecule has 52 heavy (non-hydrogen) atoms. The standard InChI is InChI=1S/C48H30N2O2/c1-2-13-31(14-3-1)35-26-27-43(47-39-20-7-11-24-45(39)52-48(35)47)49(34-25-28-46-40(30-34)38-19-6-10-23-44(38)51-46)32-15-12-16-33(29-32)50-41-21-8-4-17-36(41)37-18-5-9-22-42(37)50/h1-30H. The van der Waals surface area contributed by atoms with E-state index in [9.17, 15) is 0 Å². The van der Waals surface area contributed by atoms with Gasteiger partial charge in [-0.3, -0.25) is 0 Å². The van der Waals surface area contributed by atoms with Gasteiger partial charge in [0.25, 0.3) is 0 Å². The van der Waals surface area contributed by atoms with Crippen LogP contribution in [0.4, 0.5) is 17.1 Å². The number of furan rings is 2. The van der Waals surface area contributed by atoms with Crippen LogP contribution in [-0.2, 0) is 0 Å². The Morgan fingerprint density at radius 2 is 1.02 bits per heavy atom. The zero-order valence-corrected chi connectivity index (χ0v) is 28.0. The summed E-state index contributed by atoms with van der Waals surface area (Å²) in [6.07, 6.45) is 0. The summed E-state index contributed by atoms with van der Waals surface area (Å²) in [6, 6.07) is 64.3. The average Bonchev–Trinajstić information content (AvgIpc) is 3.88. The van der Waals surface area contributed by atoms with Crippen LogP contribution in [0.1, 0.15) is 0 Å². The number of fused-ring (bicyclic) bond motifs is 9. The summed E-state index contributed by atoms with van der Waals surface area (Å²) >= 11 is 0. The van der Waals surface area contributed by atoms with Crippen LogP contribution in [0.2, 0.25) is 0 Å². The number of nitrogens with zero attached hydrogens (tertiary/aromatic N) is 2. The molecular formula is C48H30N2O2. The smallest absolute Gasteiger partial charge is 0.145 e. The molecule has 244 valence electrons. The zero-order chi connectivity index (χ0) is 34.2. The Morgan fingerprint density at radius 3 is 1.79 bits per heavy atom. The second kappa shape index (κ2) is 11.2. The predicted molar refractivity (Wildman–Crippen MR) is 215 cm³/mol. The van der Waals surface area contributed by atoms with Crippen molar-refractivity contribution in [3.05, 3.63) is 182 Å². The van der Waals surface area contributed by atoms with E-state index in [0.29, 0.717) is 0 Å². The lowest BCUT2D eigenvalue weighted by Gasteiger charge is -2.27. The second-order valence-corrected chi connectivity index (χ2v) is 13.3. The van der Waals surface area contributed by atoms with Crippen LogP contribution in [-0.4, -0.2) is 4.57 Å². The maximum atomic E-state index is 6.75. The van der Waals surface area contributed by atoms with Crippen LogP contribution in [0, 0.1) is 0 Å². The molecule has 11 rings (SSSR count). The van der Waals surface area contributed by atoms with Crippen molar-refractivity contribution in [1.29, 1.82) is 0 Å². The molecule has 0 fully saturated rings. The molecule has 0 saturated carbocycles. The molecule has 0 aliphatic heterocycles. The molecule has 0 aliphatic carbocycles. The summed E-state index contributed by atoms with van der Waals surface area (Å²) in [5.74, 6) is 0. The monoisotopic (exact) mass is 666 g/mol.